The predicted molar refractivity (Wildman–Crippen MR) is 91.2 cm³/mol. The zero-order valence-corrected chi connectivity index (χ0v) is 15.8. The summed E-state index contributed by atoms with van der Waals surface area (Å²) in [5.74, 6) is -6.21. The quantitative estimate of drug-likeness (QED) is 0.687. The Bertz CT molecular complexity index is 564. The minimum absolute atomic E-state index is 0.0383. The molecule has 0 aromatic rings. The first kappa shape index (κ1) is 20.8. The van der Waals surface area contributed by atoms with Crippen molar-refractivity contribution in [1.82, 2.24) is 4.90 Å². The van der Waals surface area contributed by atoms with E-state index in [4.69, 9.17) is 9.47 Å². The zero-order valence-electron chi connectivity index (χ0n) is 15.8. The molecule has 0 bridgehead atoms. The molecule has 0 saturated carbocycles. The summed E-state index contributed by atoms with van der Waals surface area (Å²) >= 11 is 0. The molecule has 0 aromatic carbocycles. The van der Waals surface area contributed by atoms with Crippen molar-refractivity contribution in [2.24, 2.45) is 11.8 Å². The first-order valence-corrected chi connectivity index (χ1v) is 9.14. The van der Waals surface area contributed by atoms with E-state index in [1.807, 2.05) is 13.8 Å². The van der Waals surface area contributed by atoms with Crippen molar-refractivity contribution < 1.29 is 34.1 Å². The summed E-state index contributed by atoms with van der Waals surface area (Å²) in [6.07, 6.45) is 1.11. The van der Waals surface area contributed by atoms with Crippen LogP contribution in [0.5, 0.6) is 0 Å². The average molecular weight is 371 g/mol. The molecule has 2 N–H and O–H groups in total. The van der Waals surface area contributed by atoms with Crippen LogP contribution in [-0.2, 0) is 23.9 Å². The van der Waals surface area contributed by atoms with Crippen molar-refractivity contribution >= 4 is 17.7 Å². The number of nitrogens with zero attached hydrogens (tertiary/aromatic N) is 1. The summed E-state index contributed by atoms with van der Waals surface area (Å²) < 4.78 is 11.1. The van der Waals surface area contributed by atoms with E-state index >= 15 is 0 Å². The number of amides is 1. The number of rotatable bonds is 5. The maximum absolute atomic E-state index is 12.9. The van der Waals surface area contributed by atoms with E-state index in [9.17, 15) is 24.6 Å². The van der Waals surface area contributed by atoms with Gasteiger partial charge in [-0.15, -0.1) is 0 Å². The van der Waals surface area contributed by atoms with Gasteiger partial charge in [0, 0.05) is 19.6 Å². The number of Topliss-reactive ketones (excluding diaryl/α,β-unsaturated/α-hetero) is 1. The van der Waals surface area contributed by atoms with Crippen molar-refractivity contribution in [2.75, 3.05) is 13.7 Å². The minimum atomic E-state index is -2.28. The van der Waals surface area contributed by atoms with E-state index in [1.165, 1.54) is 0 Å². The standard InChI is InChI=1S/C18H29NO7/c1-10(2)14-13(25-4)9-11(3)18(24,26-14)15(20)16(21)19-8-6-5-7-12(19)17(22)23/h10-14,24H,5-9H2,1-4H3,(H,22,23). The Morgan fingerprint density at radius 3 is 2.46 bits per heavy atom. The Morgan fingerprint density at radius 2 is 1.92 bits per heavy atom. The Morgan fingerprint density at radius 1 is 1.27 bits per heavy atom. The Kier molecular flexibility index (Phi) is 6.42. The summed E-state index contributed by atoms with van der Waals surface area (Å²) in [5, 5.41) is 20.3. The third-order valence-corrected chi connectivity index (χ3v) is 5.46. The number of methoxy groups -OCH3 is 1. The predicted octanol–water partition coefficient (Wildman–Crippen LogP) is 0.806. The molecule has 8 nitrogen and oxygen atoms in total. The highest BCUT2D eigenvalue weighted by Gasteiger charge is 2.55. The summed E-state index contributed by atoms with van der Waals surface area (Å²) in [6, 6.07) is -1.05. The van der Waals surface area contributed by atoms with E-state index in [-0.39, 0.29) is 18.6 Å². The highest BCUT2D eigenvalue weighted by atomic mass is 16.7. The molecule has 2 aliphatic rings. The van der Waals surface area contributed by atoms with Gasteiger partial charge in [0.2, 0.25) is 5.79 Å². The number of carboxylic acids is 1. The van der Waals surface area contributed by atoms with Gasteiger partial charge >= 0.3 is 5.97 Å². The Labute approximate surface area is 153 Å². The number of ether oxygens (including phenoxy) is 2. The fourth-order valence-corrected chi connectivity index (χ4v) is 3.83. The van der Waals surface area contributed by atoms with Gasteiger partial charge in [0.05, 0.1) is 12.2 Å². The van der Waals surface area contributed by atoms with E-state index in [2.05, 4.69) is 0 Å². The van der Waals surface area contributed by atoms with E-state index in [1.54, 1.807) is 14.0 Å². The van der Waals surface area contributed by atoms with Gasteiger partial charge in [0.25, 0.3) is 11.7 Å². The number of hydrogen-bond acceptors (Lipinski definition) is 6. The van der Waals surface area contributed by atoms with Crippen molar-refractivity contribution in [3.8, 4) is 0 Å². The number of piperidine rings is 1. The van der Waals surface area contributed by atoms with Crippen molar-refractivity contribution in [2.45, 2.75) is 70.5 Å². The molecule has 26 heavy (non-hydrogen) atoms. The van der Waals surface area contributed by atoms with Crippen LogP contribution in [0.4, 0.5) is 0 Å². The van der Waals surface area contributed by atoms with Crippen molar-refractivity contribution in [3.05, 3.63) is 0 Å². The highest BCUT2D eigenvalue weighted by molar-refractivity contribution is 6.39. The first-order chi connectivity index (χ1) is 12.1. The van der Waals surface area contributed by atoms with Gasteiger partial charge in [0.1, 0.15) is 6.04 Å². The van der Waals surface area contributed by atoms with Gasteiger partial charge in [-0.05, 0) is 31.6 Å². The summed E-state index contributed by atoms with van der Waals surface area (Å²) in [7, 11) is 1.54. The zero-order chi connectivity index (χ0) is 19.6. The van der Waals surface area contributed by atoms with E-state index in [0.717, 1.165) is 4.90 Å². The lowest BCUT2D eigenvalue weighted by atomic mass is 9.82. The number of aliphatic carboxylic acids is 1. The van der Waals surface area contributed by atoms with Crippen LogP contribution in [0, 0.1) is 11.8 Å². The lowest BCUT2D eigenvalue weighted by molar-refractivity contribution is -0.293. The van der Waals surface area contributed by atoms with E-state index in [0.29, 0.717) is 25.7 Å². The molecule has 0 aromatic heterocycles. The van der Waals surface area contributed by atoms with Crippen LogP contribution in [-0.4, -0.2) is 70.5 Å². The highest BCUT2D eigenvalue weighted by Crippen LogP contribution is 2.37. The van der Waals surface area contributed by atoms with Crippen molar-refractivity contribution in [3.63, 3.8) is 0 Å². The smallest absolute Gasteiger partial charge is 0.326 e. The topological polar surface area (TPSA) is 113 Å². The van der Waals surface area contributed by atoms with Crippen LogP contribution in [0.2, 0.25) is 0 Å². The third-order valence-electron chi connectivity index (χ3n) is 5.46. The number of aliphatic hydroxyl groups is 1. The van der Waals surface area contributed by atoms with Gasteiger partial charge < -0.3 is 24.6 Å². The van der Waals surface area contributed by atoms with Gasteiger partial charge in [-0.2, -0.15) is 0 Å². The van der Waals surface area contributed by atoms with Crippen LogP contribution < -0.4 is 0 Å². The van der Waals surface area contributed by atoms with Crippen LogP contribution >= 0.6 is 0 Å². The normalized spacial score (nSPS) is 35.4. The second-order valence-corrected chi connectivity index (χ2v) is 7.61. The molecular weight excluding hydrogens is 342 g/mol. The van der Waals surface area contributed by atoms with E-state index < -0.39 is 41.5 Å². The number of ketones is 1. The molecule has 0 spiro atoms. The lowest BCUT2D eigenvalue weighted by Gasteiger charge is -2.46. The molecule has 0 radical (unpaired) electrons. The fourth-order valence-electron chi connectivity index (χ4n) is 3.83. The summed E-state index contributed by atoms with van der Waals surface area (Å²) in [6.45, 7) is 5.56. The first-order valence-electron chi connectivity index (χ1n) is 9.14. The van der Waals surface area contributed by atoms with Gasteiger partial charge in [-0.25, -0.2) is 4.79 Å². The molecule has 5 unspecified atom stereocenters. The number of carboxylic acid groups (broad SMARTS) is 1. The van der Waals surface area contributed by atoms with Crippen LogP contribution in [0.15, 0.2) is 0 Å². The Hall–Kier alpha value is -1.51. The SMILES string of the molecule is COC1CC(C)C(O)(C(=O)C(=O)N2CCCCC2C(=O)O)OC1C(C)C. The molecule has 0 aliphatic carbocycles. The molecular formula is C18H29NO7. The number of hydrogen-bond donors (Lipinski definition) is 2. The van der Waals surface area contributed by atoms with Gasteiger partial charge in [-0.1, -0.05) is 20.8 Å². The molecule has 2 rings (SSSR count). The third kappa shape index (κ3) is 3.77. The van der Waals surface area contributed by atoms with Gasteiger partial charge in [0.15, 0.2) is 0 Å². The number of carbonyl (C=O) groups excluding carboxylic acids is 2. The number of likely N-dealkylation sites (tertiary alicyclic amines) is 1. The fraction of sp³-hybridized carbons (Fsp3) is 0.833. The molecule has 1 amide bonds. The average Bonchev–Trinajstić information content (AvgIpc) is 2.62. The van der Waals surface area contributed by atoms with Crippen molar-refractivity contribution in [1.29, 1.82) is 0 Å². The molecule has 5 atom stereocenters. The molecule has 2 saturated heterocycles. The molecule has 2 fully saturated rings. The monoisotopic (exact) mass is 371 g/mol. The minimum Gasteiger partial charge on any atom is -0.480 e. The molecule has 8 heteroatoms. The number of carbonyl (C=O) groups is 3. The molecule has 2 heterocycles. The molecule has 148 valence electrons. The van der Waals surface area contributed by atoms with Gasteiger partial charge in [-0.3, -0.25) is 9.59 Å². The maximum atomic E-state index is 12.9. The van der Waals surface area contributed by atoms with Crippen LogP contribution in [0.1, 0.15) is 46.5 Å². The second kappa shape index (κ2) is 8.02. The summed E-state index contributed by atoms with van der Waals surface area (Å²) in [5.41, 5.74) is 0. The largest absolute Gasteiger partial charge is 0.480 e. The maximum Gasteiger partial charge on any atom is 0.326 e. The second-order valence-electron chi connectivity index (χ2n) is 7.61. The summed E-state index contributed by atoms with van der Waals surface area (Å²) in [4.78, 5) is 38.1. The van der Waals surface area contributed by atoms with Crippen LogP contribution in [0.3, 0.4) is 0 Å². The van der Waals surface area contributed by atoms with Crippen LogP contribution in [0.25, 0.3) is 0 Å². The molecule has 2 aliphatic heterocycles. The lowest BCUT2D eigenvalue weighted by Crippen LogP contribution is -2.63. The Balaban J connectivity index is 2.25.